The van der Waals surface area contributed by atoms with Crippen LogP contribution >= 0.6 is 15.9 Å². The molecule has 0 saturated carbocycles. The van der Waals surface area contributed by atoms with Crippen molar-refractivity contribution in [3.63, 3.8) is 0 Å². The number of nitrogens with one attached hydrogen (secondary N) is 1. The molecule has 1 atom stereocenters. The Morgan fingerprint density at radius 3 is 2.80 bits per heavy atom. The van der Waals surface area contributed by atoms with Gasteiger partial charge in [-0.15, -0.1) is 0 Å². The van der Waals surface area contributed by atoms with E-state index in [1.165, 1.54) is 24.8 Å². The minimum absolute atomic E-state index is 0.173. The van der Waals surface area contributed by atoms with Crippen LogP contribution in [-0.4, -0.2) is 29.7 Å². The van der Waals surface area contributed by atoms with Crippen LogP contribution in [0.3, 0.4) is 0 Å². The van der Waals surface area contributed by atoms with E-state index >= 15 is 0 Å². The second-order valence-electron chi connectivity index (χ2n) is 6.77. The highest BCUT2D eigenvalue weighted by atomic mass is 79.9. The quantitative estimate of drug-likeness (QED) is 0.905. The normalized spacial score (nSPS) is 20.2. The van der Waals surface area contributed by atoms with Crippen LogP contribution in [-0.2, 0) is 0 Å². The molecule has 1 unspecified atom stereocenters. The number of aromatic nitrogens is 1. The summed E-state index contributed by atoms with van der Waals surface area (Å²) in [5.74, 6) is 1.12. The molecule has 1 aromatic heterocycles. The molecule has 2 rings (SSSR count). The van der Waals surface area contributed by atoms with Crippen LogP contribution in [0.25, 0.3) is 0 Å². The second kappa shape index (κ2) is 6.44. The van der Waals surface area contributed by atoms with Crippen LogP contribution in [0.15, 0.2) is 16.7 Å². The van der Waals surface area contributed by atoms with Gasteiger partial charge in [0, 0.05) is 35.3 Å². The summed E-state index contributed by atoms with van der Waals surface area (Å²) < 4.78 is 1.09. The molecule has 1 fully saturated rings. The summed E-state index contributed by atoms with van der Waals surface area (Å²) in [4.78, 5) is 7.08. The maximum absolute atomic E-state index is 4.61. The number of nitrogens with zero attached hydrogens (tertiary/aromatic N) is 2. The lowest BCUT2D eigenvalue weighted by Crippen LogP contribution is -2.50. The Labute approximate surface area is 131 Å². The Morgan fingerprint density at radius 2 is 2.15 bits per heavy atom. The number of rotatable bonds is 3. The molecule has 0 amide bonds. The lowest BCUT2D eigenvalue weighted by molar-refractivity contribution is 0.365. The van der Waals surface area contributed by atoms with Gasteiger partial charge < -0.3 is 10.2 Å². The first-order valence-electron chi connectivity index (χ1n) is 7.50. The third kappa shape index (κ3) is 4.19. The largest absolute Gasteiger partial charge is 0.352 e. The summed E-state index contributed by atoms with van der Waals surface area (Å²) in [5, 5.41) is 3.64. The van der Waals surface area contributed by atoms with Crippen molar-refractivity contribution in [2.45, 2.75) is 58.5 Å². The highest BCUT2D eigenvalue weighted by molar-refractivity contribution is 9.10. The van der Waals surface area contributed by atoms with Crippen molar-refractivity contribution >= 4 is 21.7 Å². The molecular weight excluding hydrogens is 314 g/mol. The zero-order valence-electron chi connectivity index (χ0n) is 13.0. The first-order chi connectivity index (χ1) is 9.37. The van der Waals surface area contributed by atoms with E-state index in [1.807, 2.05) is 6.20 Å². The van der Waals surface area contributed by atoms with Gasteiger partial charge in [0.2, 0.25) is 0 Å². The van der Waals surface area contributed by atoms with Crippen LogP contribution in [0.5, 0.6) is 0 Å². The molecule has 1 N–H and O–H groups in total. The number of halogens is 1. The van der Waals surface area contributed by atoms with Crippen LogP contribution < -0.4 is 10.2 Å². The summed E-state index contributed by atoms with van der Waals surface area (Å²) >= 11 is 3.53. The number of pyridine rings is 1. The van der Waals surface area contributed by atoms with E-state index in [0.29, 0.717) is 6.04 Å². The summed E-state index contributed by atoms with van der Waals surface area (Å²) in [6.45, 7) is 10.9. The minimum Gasteiger partial charge on any atom is -0.352 e. The Kier molecular flexibility index (Phi) is 5.08. The van der Waals surface area contributed by atoms with Gasteiger partial charge in [0.25, 0.3) is 0 Å². The van der Waals surface area contributed by atoms with Gasteiger partial charge in [0.15, 0.2) is 0 Å². The first kappa shape index (κ1) is 15.8. The van der Waals surface area contributed by atoms with Crippen molar-refractivity contribution in [1.82, 2.24) is 10.3 Å². The van der Waals surface area contributed by atoms with E-state index in [4.69, 9.17) is 0 Å². The van der Waals surface area contributed by atoms with Crippen LogP contribution in [0.1, 0.15) is 45.6 Å². The maximum Gasteiger partial charge on any atom is 0.129 e. The number of hydrogen-bond acceptors (Lipinski definition) is 3. The van der Waals surface area contributed by atoms with Crippen LogP contribution in [0.2, 0.25) is 0 Å². The van der Waals surface area contributed by atoms with Crippen molar-refractivity contribution in [3.05, 3.63) is 22.3 Å². The monoisotopic (exact) mass is 339 g/mol. The molecule has 0 aromatic carbocycles. The van der Waals surface area contributed by atoms with E-state index in [1.54, 1.807) is 0 Å². The van der Waals surface area contributed by atoms with Gasteiger partial charge in [-0.25, -0.2) is 4.98 Å². The summed E-state index contributed by atoms with van der Waals surface area (Å²) in [7, 11) is 0. The molecule has 0 radical (unpaired) electrons. The topological polar surface area (TPSA) is 28.2 Å². The maximum atomic E-state index is 4.61. The van der Waals surface area contributed by atoms with E-state index < -0.39 is 0 Å². The fourth-order valence-electron chi connectivity index (χ4n) is 2.62. The van der Waals surface area contributed by atoms with E-state index in [-0.39, 0.29) is 5.54 Å². The summed E-state index contributed by atoms with van der Waals surface area (Å²) in [5.41, 5.74) is 1.43. The minimum atomic E-state index is 0.173. The van der Waals surface area contributed by atoms with Gasteiger partial charge in [-0.05, 0) is 74.5 Å². The van der Waals surface area contributed by atoms with E-state index in [0.717, 1.165) is 23.4 Å². The van der Waals surface area contributed by atoms with Crippen molar-refractivity contribution < 1.29 is 0 Å². The van der Waals surface area contributed by atoms with Crippen LogP contribution in [0, 0.1) is 6.92 Å². The number of hydrogen-bond donors (Lipinski definition) is 1. The molecule has 20 heavy (non-hydrogen) atoms. The highest BCUT2D eigenvalue weighted by Gasteiger charge is 2.25. The number of anilines is 1. The van der Waals surface area contributed by atoms with E-state index in [9.17, 15) is 0 Å². The lowest BCUT2D eigenvalue weighted by Gasteiger charge is -2.38. The van der Waals surface area contributed by atoms with Crippen molar-refractivity contribution in [3.8, 4) is 0 Å². The third-order valence-electron chi connectivity index (χ3n) is 3.82. The van der Waals surface area contributed by atoms with Gasteiger partial charge in [-0.2, -0.15) is 0 Å². The van der Waals surface area contributed by atoms with E-state index in [2.05, 4.69) is 64.9 Å². The predicted octanol–water partition coefficient (Wildman–Crippen LogP) is 3.90. The summed E-state index contributed by atoms with van der Waals surface area (Å²) in [6.07, 6.45) is 5.76. The van der Waals surface area contributed by atoms with Gasteiger partial charge in [0.1, 0.15) is 5.82 Å². The molecule has 0 bridgehead atoms. The average molecular weight is 340 g/mol. The standard InChI is InChI=1S/C16H26BrN3/c1-12-9-15(18-11-14(12)17)20-8-6-5-7-13(20)10-19-16(2,3)4/h9,11,13,19H,5-8,10H2,1-4H3. The van der Waals surface area contributed by atoms with Crippen molar-refractivity contribution in [2.75, 3.05) is 18.0 Å². The molecule has 0 spiro atoms. The van der Waals surface area contributed by atoms with Gasteiger partial charge in [0.05, 0.1) is 0 Å². The molecule has 4 heteroatoms. The molecule has 112 valence electrons. The Bertz CT molecular complexity index is 454. The lowest BCUT2D eigenvalue weighted by atomic mass is 10.00. The second-order valence-corrected chi connectivity index (χ2v) is 7.62. The molecular formula is C16H26BrN3. The Morgan fingerprint density at radius 1 is 1.40 bits per heavy atom. The summed E-state index contributed by atoms with van der Waals surface area (Å²) in [6, 6.07) is 2.75. The Balaban J connectivity index is 2.11. The van der Waals surface area contributed by atoms with Gasteiger partial charge >= 0.3 is 0 Å². The SMILES string of the molecule is Cc1cc(N2CCCCC2CNC(C)(C)C)ncc1Br. The first-order valence-corrected chi connectivity index (χ1v) is 8.30. The molecule has 3 nitrogen and oxygen atoms in total. The molecule has 1 saturated heterocycles. The number of aryl methyl sites for hydroxylation is 1. The molecule has 2 heterocycles. The van der Waals surface area contributed by atoms with Crippen molar-refractivity contribution in [2.24, 2.45) is 0 Å². The fourth-order valence-corrected chi connectivity index (χ4v) is 2.84. The molecule has 1 aliphatic heterocycles. The fraction of sp³-hybridized carbons (Fsp3) is 0.688. The van der Waals surface area contributed by atoms with Gasteiger partial charge in [-0.1, -0.05) is 0 Å². The van der Waals surface area contributed by atoms with Gasteiger partial charge in [-0.3, -0.25) is 0 Å². The van der Waals surface area contributed by atoms with Crippen molar-refractivity contribution in [1.29, 1.82) is 0 Å². The number of piperidine rings is 1. The Hall–Kier alpha value is -0.610. The molecule has 0 aliphatic carbocycles. The molecule has 1 aromatic rings. The highest BCUT2D eigenvalue weighted by Crippen LogP contribution is 2.26. The smallest absolute Gasteiger partial charge is 0.129 e. The average Bonchev–Trinajstić information content (AvgIpc) is 2.39. The zero-order valence-corrected chi connectivity index (χ0v) is 14.6. The van der Waals surface area contributed by atoms with Crippen LogP contribution in [0.4, 0.5) is 5.82 Å². The molecule has 1 aliphatic rings. The third-order valence-corrected chi connectivity index (χ3v) is 4.65. The zero-order chi connectivity index (χ0) is 14.8. The predicted molar refractivity (Wildman–Crippen MR) is 89.4 cm³/mol.